The number of benzene rings is 1. The van der Waals surface area contributed by atoms with Crippen LogP contribution in [0.15, 0.2) is 30.5 Å². The molecule has 20 heavy (non-hydrogen) atoms. The van der Waals surface area contributed by atoms with Gasteiger partial charge in [-0.1, -0.05) is 26.2 Å². The molecule has 0 saturated carbocycles. The summed E-state index contributed by atoms with van der Waals surface area (Å²) < 4.78 is 15.4. The summed E-state index contributed by atoms with van der Waals surface area (Å²) in [6.45, 7) is 6.27. The molecule has 3 heteroatoms. The Morgan fingerprint density at radius 2 is 2.10 bits per heavy atom. The standard InChI is InChI=1S/C17H25FN2/c1-3-4-5-6-14(2)19-10-12-20-11-9-15-7-8-16(18)13-17(15)20/h7-9,11,13-14,19H,3-6,10,12H2,1-2H3. The second kappa shape index (κ2) is 7.44. The summed E-state index contributed by atoms with van der Waals surface area (Å²) in [5.74, 6) is -0.168. The molecule has 2 nitrogen and oxygen atoms in total. The third-order valence-corrected chi connectivity index (χ3v) is 3.82. The summed E-state index contributed by atoms with van der Waals surface area (Å²) in [4.78, 5) is 0. The van der Waals surface area contributed by atoms with Crippen LogP contribution in [0, 0.1) is 5.82 Å². The number of rotatable bonds is 8. The lowest BCUT2D eigenvalue weighted by Crippen LogP contribution is -2.29. The fraction of sp³-hybridized carbons (Fsp3) is 0.529. The van der Waals surface area contributed by atoms with E-state index in [-0.39, 0.29) is 5.82 Å². The minimum absolute atomic E-state index is 0.168. The van der Waals surface area contributed by atoms with Crippen LogP contribution in [0.25, 0.3) is 10.9 Å². The third kappa shape index (κ3) is 4.07. The monoisotopic (exact) mass is 276 g/mol. The maximum Gasteiger partial charge on any atom is 0.125 e. The average molecular weight is 276 g/mol. The number of nitrogens with one attached hydrogen (secondary N) is 1. The van der Waals surface area contributed by atoms with Gasteiger partial charge in [-0.05, 0) is 43.0 Å². The molecule has 0 aliphatic carbocycles. The molecule has 110 valence electrons. The summed E-state index contributed by atoms with van der Waals surface area (Å²) in [6, 6.07) is 7.56. The molecule has 1 atom stereocenters. The average Bonchev–Trinajstić information content (AvgIpc) is 2.82. The highest BCUT2D eigenvalue weighted by atomic mass is 19.1. The zero-order valence-corrected chi connectivity index (χ0v) is 12.5. The normalized spacial score (nSPS) is 12.9. The molecule has 2 rings (SSSR count). The van der Waals surface area contributed by atoms with Crippen LogP contribution in [0.1, 0.15) is 39.5 Å². The van der Waals surface area contributed by atoms with Crippen molar-refractivity contribution < 1.29 is 4.39 Å². The van der Waals surface area contributed by atoms with E-state index in [0.717, 1.165) is 24.0 Å². The number of aromatic nitrogens is 1. The fourth-order valence-electron chi connectivity index (χ4n) is 2.59. The van der Waals surface area contributed by atoms with Gasteiger partial charge >= 0.3 is 0 Å². The first-order chi connectivity index (χ1) is 9.70. The number of halogens is 1. The molecular formula is C17H25FN2. The number of unbranched alkanes of at least 4 members (excludes halogenated alkanes) is 2. The van der Waals surface area contributed by atoms with E-state index in [2.05, 4.69) is 23.7 Å². The summed E-state index contributed by atoms with van der Waals surface area (Å²) in [7, 11) is 0. The lowest BCUT2D eigenvalue weighted by Gasteiger charge is -2.14. The van der Waals surface area contributed by atoms with Crippen molar-refractivity contribution >= 4 is 10.9 Å². The van der Waals surface area contributed by atoms with Gasteiger partial charge < -0.3 is 9.88 Å². The van der Waals surface area contributed by atoms with Crippen molar-refractivity contribution in [3.63, 3.8) is 0 Å². The predicted molar refractivity (Wildman–Crippen MR) is 83.5 cm³/mol. The van der Waals surface area contributed by atoms with E-state index in [1.807, 2.05) is 18.3 Å². The Balaban J connectivity index is 1.82. The topological polar surface area (TPSA) is 17.0 Å². The van der Waals surface area contributed by atoms with Gasteiger partial charge in [0, 0.05) is 25.3 Å². The van der Waals surface area contributed by atoms with Crippen molar-refractivity contribution in [1.29, 1.82) is 0 Å². The zero-order valence-electron chi connectivity index (χ0n) is 12.5. The molecule has 0 amide bonds. The SMILES string of the molecule is CCCCCC(C)NCCn1ccc2ccc(F)cc21. The van der Waals surface area contributed by atoms with Gasteiger partial charge in [0.25, 0.3) is 0 Å². The van der Waals surface area contributed by atoms with Gasteiger partial charge in [-0.15, -0.1) is 0 Å². The van der Waals surface area contributed by atoms with Crippen molar-refractivity contribution in [3.05, 3.63) is 36.3 Å². The van der Waals surface area contributed by atoms with E-state index in [1.54, 1.807) is 6.07 Å². The molecule has 2 aromatic rings. The van der Waals surface area contributed by atoms with Crippen molar-refractivity contribution in [2.45, 2.75) is 52.1 Å². The minimum Gasteiger partial charge on any atom is -0.346 e. The molecule has 1 heterocycles. The second-order valence-electron chi connectivity index (χ2n) is 5.56. The Labute approximate surface area is 121 Å². The highest BCUT2D eigenvalue weighted by Gasteiger charge is 2.04. The van der Waals surface area contributed by atoms with Crippen LogP contribution in [0.2, 0.25) is 0 Å². The highest BCUT2D eigenvalue weighted by molar-refractivity contribution is 5.80. The van der Waals surface area contributed by atoms with Gasteiger partial charge in [-0.3, -0.25) is 0 Å². The van der Waals surface area contributed by atoms with Crippen LogP contribution in [-0.2, 0) is 6.54 Å². The van der Waals surface area contributed by atoms with E-state index in [1.165, 1.54) is 31.7 Å². The summed E-state index contributed by atoms with van der Waals surface area (Å²) >= 11 is 0. The Morgan fingerprint density at radius 3 is 2.90 bits per heavy atom. The third-order valence-electron chi connectivity index (χ3n) is 3.82. The largest absolute Gasteiger partial charge is 0.346 e. The summed E-state index contributed by atoms with van der Waals surface area (Å²) in [5.41, 5.74) is 0.977. The van der Waals surface area contributed by atoms with Gasteiger partial charge in [0.15, 0.2) is 0 Å². The first kappa shape index (κ1) is 15.0. The smallest absolute Gasteiger partial charge is 0.125 e. The Bertz CT molecular complexity index is 533. The Hall–Kier alpha value is -1.35. The number of hydrogen-bond acceptors (Lipinski definition) is 1. The molecule has 1 aromatic heterocycles. The van der Waals surface area contributed by atoms with Crippen LogP contribution in [0.5, 0.6) is 0 Å². The van der Waals surface area contributed by atoms with Crippen LogP contribution in [0.4, 0.5) is 4.39 Å². The maximum absolute atomic E-state index is 13.3. The van der Waals surface area contributed by atoms with E-state index >= 15 is 0 Å². The van der Waals surface area contributed by atoms with E-state index in [0.29, 0.717) is 6.04 Å². The second-order valence-corrected chi connectivity index (χ2v) is 5.56. The Kier molecular flexibility index (Phi) is 5.60. The molecule has 0 fully saturated rings. The molecule has 0 aliphatic heterocycles. The van der Waals surface area contributed by atoms with Crippen LogP contribution in [0.3, 0.4) is 0 Å². The molecule has 0 radical (unpaired) electrons. The van der Waals surface area contributed by atoms with Gasteiger partial charge in [0.05, 0.1) is 5.52 Å². The molecule has 0 spiro atoms. The fourth-order valence-corrected chi connectivity index (χ4v) is 2.59. The first-order valence-electron chi connectivity index (χ1n) is 7.68. The number of fused-ring (bicyclic) bond motifs is 1. The van der Waals surface area contributed by atoms with Gasteiger partial charge in [-0.25, -0.2) is 4.39 Å². The molecule has 0 bridgehead atoms. The highest BCUT2D eigenvalue weighted by Crippen LogP contribution is 2.16. The van der Waals surface area contributed by atoms with Crippen LogP contribution in [-0.4, -0.2) is 17.2 Å². The quantitative estimate of drug-likeness (QED) is 0.710. The maximum atomic E-state index is 13.3. The van der Waals surface area contributed by atoms with Gasteiger partial charge in [0.1, 0.15) is 5.82 Å². The first-order valence-corrected chi connectivity index (χ1v) is 7.68. The molecule has 1 unspecified atom stereocenters. The van der Waals surface area contributed by atoms with E-state index in [4.69, 9.17) is 0 Å². The van der Waals surface area contributed by atoms with E-state index in [9.17, 15) is 4.39 Å². The van der Waals surface area contributed by atoms with Crippen molar-refractivity contribution in [2.24, 2.45) is 0 Å². The van der Waals surface area contributed by atoms with Crippen LogP contribution >= 0.6 is 0 Å². The lowest BCUT2D eigenvalue weighted by atomic mass is 10.1. The molecule has 1 N–H and O–H groups in total. The zero-order chi connectivity index (χ0) is 14.4. The molecular weight excluding hydrogens is 251 g/mol. The van der Waals surface area contributed by atoms with Crippen molar-refractivity contribution in [2.75, 3.05) is 6.54 Å². The minimum atomic E-state index is -0.168. The number of hydrogen-bond donors (Lipinski definition) is 1. The van der Waals surface area contributed by atoms with Crippen molar-refractivity contribution in [1.82, 2.24) is 9.88 Å². The van der Waals surface area contributed by atoms with E-state index < -0.39 is 0 Å². The molecule has 0 saturated heterocycles. The predicted octanol–water partition coefficient (Wildman–Crippen LogP) is 4.34. The Morgan fingerprint density at radius 1 is 1.25 bits per heavy atom. The summed E-state index contributed by atoms with van der Waals surface area (Å²) in [6.07, 6.45) is 7.14. The van der Waals surface area contributed by atoms with Gasteiger partial charge in [-0.2, -0.15) is 0 Å². The van der Waals surface area contributed by atoms with Crippen molar-refractivity contribution in [3.8, 4) is 0 Å². The lowest BCUT2D eigenvalue weighted by molar-refractivity contribution is 0.473. The molecule has 1 aromatic carbocycles. The molecule has 0 aliphatic rings. The summed E-state index contributed by atoms with van der Waals surface area (Å²) in [5, 5.41) is 4.64. The van der Waals surface area contributed by atoms with Gasteiger partial charge in [0.2, 0.25) is 0 Å². The van der Waals surface area contributed by atoms with Crippen LogP contribution < -0.4 is 5.32 Å². The number of nitrogens with zero attached hydrogens (tertiary/aromatic N) is 1.